The molecule has 1 fully saturated rings. The molecule has 0 aromatic heterocycles. The Hall–Kier alpha value is -3.72. The Labute approximate surface area is 177 Å². The minimum atomic E-state index is -4.63. The minimum Gasteiger partial charge on any atom is -0.494 e. The van der Waals surface area contributed by atoms with Crippen molar-refractivity contribution >= 4 is 5.91 Å². The number of carbonyl (C=O) groups is 1. The monoisotopic (exact) mass is 429 g/mol. The number of carbonyl (C=O) groups excluding carboxylic acids is 1. The normalized spacial score (nSPS) is 14.7. The third kappa shape index (κ3) is 4.26. The fraction of sp³-hybridized carbons (Fsp3) is 0.318. The van der Waals surface area contributed by atoms with Crippen LogP contribution in [0, 0.1) is 22.7 Å². The van der Waals surface area contributed by atoms with Crippen LogP contribution >= 0.6 is 0 Å². The minimum absolute atomic E-state index is 0.00441. The quantitative estimate of drug-likeness (QED) is 0.717. The molecule has 1 amide bonds. The van der Waals surface area contributed by atoms with E-state index in [9.17, 15) is 28.5 Å². The summed E-state index contributed by atoms with van der Waals surface area (Å²) >= 11 is 0. The second-order valence-corrected chi connectivity index (χ2v) is 7.04. The van der Waals surface area contributed by atoms with Crippen LogP contribution in [-0.4, -0.2) is 43.3 Å². The van der Waals surface area contributed by atoms with Crippen molar-refractivity contribution in [3.8, 4) is 23.6 Å². The zero-order valence-corrected chi connectivity index (χ0v) is 16.7. The van der Waals surface area contributed by atoms with E-state index in [1.54, 1.807) is 18.2 Å². The third-order valence-corrected chi connectivity index (χ3v) is 5.11. The van der Waals surface area contributed by atoms with Gasteiger partial charge in [-0.15, -0.1) is 0 Å². The summed E-state index contributed by atoms with van der Waals surface area (Å²) < 4.78 is 49.3. The number of halogens is 3. The highest BCUT2D eigenvalue weighted by Crippen LogP contribution is 2.38. The number of ether oxygens (including phenoxy) is 2. The molecule has 3 rings (SSSR count). The number of likely N-dealkylation sites (tertiary alicyclic amines) is 1. The fourth-order valence-corrected chi connectivity index (χ4v) is 3.38. The van der Waals surface area contributed by atoms with E-state index in [4.69, 9.17) is 9.47 Å². The summed E-state index contributed by atoms with van der Waals surface area (Å²) in [5.74, 6) is -1.14. The standard InChI is InChI=1S/C22H18F3N3O3/c1-13(22(23,24)25)31-18-8-7-15(10-27)20(30-2)19(18)21(29)28-11-16(12-28)17-6-4-3-5-14(17)9-26/h3-8,13,16H,11-12H2,1-2H3/t13-/m0/s1. The van der Waals surface area contributed by atoms with Crippen LogP contribution in [0.4, 0.5) is 13.2 Å². The maximum absolute atomic E-state index is 13.2. The Morgan fingerprint density at radius 3 is 2.35 bits per heavy atom. The number of methoxy groups -OCH3 is 1. The molecule has 1 atom stereocenters. The molecule has 9 heteroatoms. The zero-order valence-electron chi connectivity index (χ0n) is 16.7. The number of benzene rings is 2. The molecule has 0 N–H and O–H groups in total. The van der Waals surface area contributed by atoms with Gasteiger partial charge >= 0.3 is 6.18 Å². The van der Waals surface area contributed by atoms with Crippen LogP contribution in [0.3, 0.4) is 0 Å². The first-order chi connectivity index (χ1) is 14.7. The first kappa shape index (κ1) is 22.0. The maximum Gasteiger partial charge on any atom is 0.425 e. The van der Waals surface area contributed by atoms with E-state index in [1.807, 2.05) is 12.1 Å². The fourth-order valence-electron chi connectivity index (χ4n) is 3.38. The first-order valence-corrected chi connectivity index (χ1v) is 9.34. The highest BCUT2D eigenvalue weighted by atomic mass is 19.4. The molecule has 0 saturated carbocycles. The SMILES string of the molecule is COc1c(C#N)ccc(O[C@@H](C)C(F)(F)F)c1C(=O)N1CC(c2ccccc2C#N)C1. The van der Waals surface area contributed by atoms with Gasteiger partial charge in [-0.25, -0.2) is 0 Å². The van der Waals surface area contributed by atoms with E-state index < -0.39 is 18.2 Å². The molecule has 0 radical (unpaired) electrons. The molecule has 0 aliphatic carbocycles. The first-order valence-electron chi connectivity index (χ1n) is 9.34. The van der Waals surface area contributed by atoms with Crippen molar-refractivity contribution in [3.05, 3.63) is 58.7 Å². The number of hydrogen-bond donors (Lipinski definition) is 0. The van der Waals surface area contributed by atoms with Gasteiger partial charge < -0.3 is 14.4 Å². The topological polar surface area (TPSA) is 86.3 Å². The van der Waals surface area contributed by atoms with Crippen molar-refractivity contribution in [2.45, 2.75) is 25.1 Å². The van der Waals surface area contributed by atoms with Crippen LogP contribution in [0.15, 0.2) is 36.4 Å². The van der Waals surface area contributed by atoms with Crippen molar-refractivity contribution in [3.63, 3.8) is 0 Å². The van der Waals surface area contributed by atoms with E-state index in [0.717, 1.165) is 12.5 Å². The Morgan fingerprint density at radius 1 is 1.13 bits per heavy atom. The lowest BCUT2D eigenvalue weighted by atomic mass is 9.87. The van der Waals surface area contributed by atoms with Crippen molar-refractivity contribution in [2.24, 2.45) is 0 Å². The zero-order chi connectivity index (χ0) is 22.8. The Bertz CT molecular complexity index is 1080. The van der Waals surface area contributed by atoms with Crippen LogP contribution in [0.25, 0.3) is 0 Å². The molecule has 1 heterocycles. The van der Waals surface area contributed by atoms with Crippen LogP contribution in [-0.2, 0) is 0 Å². The van der Waals surface area contributed by atoms with Crippen LogP contribution < -0.4 is 9.47 Å². The molecule has 2 aromatic carbocycles. The summed E-state index contributed by atoms with van der Waals surface area (Å²) in [7, 11) is 1.23. The van der Waals surface area contributed by atoms with Gasteiger partial charge in [0.2, 0.25) is 0 Å². The molecule has 31 heavy (non-hydrogen) atoms. The molecule has 1 aliphatic heterocycles. The number of hydrogen-bond acceptors (Lipinski definition) is 5. The van der Waals surface area contributed by atoms with Crippen LogP contribution in [0.2, 0.25) is 0 Å². The van der Waals surface area contributed by atoms with Gasteiger partial charge in [-0.3, -0.25) is 4.79 Å². The van der Waals surface area contributed by atoms with Gasteiger partial charge in [-0.2, -0.15) is 23.7 Å². The number of alkyl halides is 3. The molecule has 2 aromatic rings. The average molecular weight is 429 g/mol. The van der Waals surface area contributed by atoms with Crippen molar-refractivity contribution in [2.75, 3.05) is 20.2 Å². The van der Waals surface area contributed by atoms with Gasteiger partial charge in [0.15, 0.2) is 11.9 Å². The summed E-state index contributed by atoms with van der Waals surface area (Å²) in [6, 6.07) is 13.4. The second kappa shape index (κ2) is 8.57. The summed E-state index contributed by atoms with van der Waals surface area (Å²) in [6.45, 7) is 1.37. The molecular formula is C22H18F3N3O3. The van der Waals surface area contributed by atoms with E-state index >= 15 is 0 Å². The molecule has 6 nitrogen and oxygen atoms in total. The lowest BCUT2D eigenvalue weighted by Crippen LogP contribution is -2.49. The Kier molecular flexibility index (Phi) is 6.07. The highest BCUT2D eigenvalue weighted by Gasteiger charge is 2.41. The van der Waals surface area contributed by atoms with Gasteiger partial charge in [-0.05, 0) is 30.7 Å². The molecule has 0 spiro atoms. The number of amides is 1. The maximum atomic E-state index is 13.2. The van der Waals surface area contributed by atoms with Crippen LogP contribution in [0.5, 0.6) is 11.5 Å². The highest BCUT2D eigenvalue weighted by molar-refractivity contribution is 6.01. The summed E-state index contributed by atoms with van der Waals surface area (Å²) in [6.07, 6.45) is -6.80. The summed E-state index contributed by atoms with van der Waals surface area (Å²) in [5.41, 5.74) is 1.08. The van der Waals surface area contributed by atoms with Gasteiger partial charge in [0, 0.05) is 19.0 Å². The largest absolute Gasteiger partial charge is 0.494 e. The van der Waals surface area contributed by atoms with Gasteiger partial charge in [0.25, 0.3) is 5.91 Å². The van der Waals surface area contributed by atoms with Crippen molar-refractivity contribution in [1.29, 1.82) is 10.5 Å². The molecule has 0 bridgehead atoms. The second-order valence-electron chi connectivity index (χ2n) is 7.04. The Balaban J connectivity index is 1.91. The molecule has 1 saturated heterocycles. The average Bonchev–Trinajstić information content (AvgIpc) is 2.71. The van der Waals surface area contributed by atoms with Gasteiger partial charge in [0.1, 0.15) is 17.4 Å². The lowest BCUT2D eigenvalue weighted by molar-refractivity contribution is -0.189. The van der Waals surface area contributed by atoms with Gasteiger partial charge in [0.05, 0.1) is 24.3 Å². The van der Waals surface area contributed by atoms with Crippen LogP contribution in [0.1, 0.15) is 39.9 Å². The predicted octanol–water partition coefficient (Wildman–Crippen LogP) is 4.01. The van der Waals surface area contributed by atoms with Gasteiger partial charge in [-0.1, -0.05) is 18.2 Å². The molecule has 160 valence electrons. The van der Waals surface area contributed by atoms with E-state index in [-0.39, 0.29) is 41.6 Å². The van der Waals surface area contributed by atoms with Crippen molar-refractivity contribution in [1.82, 2.24) is 4.90 Å². The van der Waals surface area contributed by atoms with E-state index in [1.165, 1.54) is 24.1 Å². The van der Waals surface area contributed by atoms with E-state index in [2.05, 4.69) is 6.07 Å². The molecular weight excluding hydrogens is 411 g/mol. The summed E-state index contributed by atoms with van der Waals surface area (Å²) in [5, 5.41) is 18.6. The third-order valence-electron chi connectivity index (χ3n) is 5.11. The van der Waals surface area contributed by atoms with Crippen molar-refractivity contribution < 1.29 is 27.4 Å². The predicted molar refractivity (Wildman–Crippen MR) is 104 cm³/mol. The Morgan fingerprint density at radius 2 is 1.77 bits per heavy atom. The summed E-state index contributed by atoms with van der Waals surface area (Å²) in [4.78, 5) is 14.6. The smallest absolute Gasteiger partial charge is 0.425 e. The molecule has 0 unspecified atom stereocenters. The number of nitrogens with zero attached hydrogens (tertiary/aromatic N) is 3. The lowest BCUT2D eigenvalue weighted by Gasteiger charge is -2.40. The number of rotatable bonds is 5. The van der Waals surface area contributed by atoms with E-state index in [0.29, 0.717) is 5.56 Å². The molecule has 1 aliphatic rings. The number of nitriles is 2.